The van der Waals surface area contributed by atoms with Crippen molar-refractivity contribution < 1.29 is 23.9 Å². The van der Waals surface area contributed by atoms with Gasteiger partial charge in [-0.2, -0.15) is 5.10 Å². The fraction of sp³-hybridized carbons (Fsp3) is 0.545. The first kappa shape index (κ1) is 24.2. The fourth-order valence-electron chi connectivity index (χ4n) is 3.43. The summed E-state index contributed by atoms with van der Waals surface area (Å²) in [4.78, 5) is 36.4. The van der Waals surface area contributed by atoms with E-state index in [1.54, 1.807) is 25.1 Å². The molecule has 1 aliphatic rings. The molecule has 1 aromatic carbocycles. The van der Waals surface area contributed by atoms with Gasteiger partial charge in [0.15, 0.2) is 0 Å². The Bertz CT molecular complexity index is 801. The molecule has 170 valence electrons. The second-order valence-electron chi connectivity index (χ2n) is 7.59. The van der Waals surface area contributed by atoms with E-state index in [9.17, 15) is 14.4 Å². The normalized spacial score (nSPS) is 15.3. The number of anilines is 1. The Balaban J connectivity index is 1.82. The van der Waals surface area contributed by atoms with E-state index in [2.05, 4.69) is 21.2 Å². The van der Waals surface area contributed by atoms with Crippen molar-refractivity contribution in [2.24, 2.45) is 5.10 Å². The van der Waals surface area contributed by atoms with Gasteiger partial charge in [-0.1, -0.05) is 32.1 Å². The number of benzene rings is 1. The molecule has 1 aromatic rings. The maximum Gasteiger partial charge on any atom is 0.329 e. The van der Waals surface area contributed by atoms with Crippen LogP contribution in [0.3, 0.4) is 0 Å². The van der Waals surface area contributed by atoms with Gasteiger partial charge < -0.3 is 20.1 Å². The number of nitrogens with zero attached hydrogens (tertiary/aromatic N) is 1. The zero-order valence-electron chi connectivity index (χ0n) is 18.5. The first-order chi connectivity index (χ1) is 14.9. The average molecular weight is 433 g/mol. The van der Waals surface area contributed by atoms with Crippen molar-refractivity contribution in [3.05, 3.63) is 18.2 Å². The summed E-state index contributed by atoms with van der Waals surface area (Å²) in [5, 5.41) is 9.38. The molecule has 3 amide bonds. The summed E-state index contributed by atoms with van der Waals surface area (Å²) in [7, 11) is 2.96. The highest BCUT2D eigenvalue weighted by Gasteiger charge is 2.17. The Labute approximate surface area is 182 Å². The van der Waals surface area contributed by atoms with Crippen LogP contribution in [0, 0.1) is 0 Å². The fourth-order valence-corrected chi connectivity index (χ4v) is 3.43. The Morgan fingerprint density at radius 3 is 2.32 bits per heavy atom. The van der Waals surface area contributed by atoms with Crippen molar-refractivity contribution in [2.75, 3.05) is 19.5 Å². The van der Waals surface area contributed by atoms with Crippen LogP contribution in [-0.4, -0.2) is 43.7 Å². The molecule has 9 heteroatoms. The summed E-state index contributed by atoms with van der Waals surface area (Å²) in [5.74, 6) is -1.08. The van der Waals surface area contributed by atoms with E-state index in [0.29, 0.717) is 22.9 Å². The van der Waals surface area contributed by atoms with Crippen LogP contribution in [0.15, 0.2) is 23.3 Å². The van der Waals surface area contributed by atoms with Crippen molar-refractivity contribution in [1.29, 1.82) is 0 Å². The molecule has 9 nitrogen and oxygen atoms in total. The van der Waals surface area contributed by atoms with Crippen LogP contribution in [-0.2, 0) is 14.4 Å². The van der Waals surface area contributed by atoms with Gasteiger partial charge in [-0.25, -0.2) is 5.43 Å². The van der Waals surface area contributed by atoms with E-state index in [0.717, 1.165) is 25.7 Å². The lowest BCUT2D eigenvalue weighted by molar-refractivity contribution is -0.136. The van der Waals surface area contributed by atoms with Crippen LogP contribution in [0.5, 0.6) is 11.5 Å². The lowest BCUT2D eigenvalue weighted by atomic mass is 9.96. The SMILES string of the molecule is COc1ccc(NC(=O)C(=O)N/N=C(/C)CC(=O)NC2CCCCCCC2)c(OC)c1. The van der Waals surface area contributed by atoms with Crippen LogP contribution in [0.25, 0.3) is 0 Å². The molecule has 0 radical (unpaired) electrons. The number of hydrogen-bond acceptors (Lipinski definition) is 6. The molecule has 1 fully saturated rings. The summed E-state index contributed by atoms with van der Waals surface area (Å²) >= 11 is 0. The van der Waals surface area contributed by atoms with Gasteiger partial charge in [-0.3, -0.25) is 14.4 Å². The van der Waals surface area contributed by atoms with Gasteiger partial charge >= 0.3 is 11.8 Å². The van der Waals surface area contributed by atoms with Gasteiger partial charge in [0.2, 0.25) is 5.91 Å². The van der Waals surface area contributed by atoms with Gasteiger partial charge in [-0.15, -0.1) is 0 Å². The highest BCUT2D eigenvalue weighted by Crippen LogP contribution is 2.28. The van der Waals surface area contributed by atoms with Gasteiger partial charge in [-0.05, 0) is 31.9 Å². The Hall–Kier alpha value is -3.10. The largest absolute Gasteiger partial charge is 0.497 e. The number of ether oxygens (including phenoxy) is 2. The number of nitrogens with one attached hydrogen (secondary N) is 3. The summed E-state index contributed by atoms with van der Waals surface area (Å²) in [6.45, 7) is 1.63. The minimum Gasteiger partial charge on any atom is -0.497 e. The first-order valence-corrected chi connectivity index (χ1v) is 10.6. The number of hydrazone groups is 1. The minimum atomic E-state index is -0.947. The standard InChI is InChI=1S/C22H32N4O5/c1-15(13-20(27)23-16-9-7-5-4-6-8-10-16)25-26-22(29)21(28)24-18-12-11-17(30-2)14-19(18)31-3/h11-12,14,16H,4-10,13H2,1-3H3,(H,23,27)(H,24,28)(H,26,29)/b25-15-. The molecule has 0 aromatic heterocycles. The number of carbonyl (C=O) groups is 3. The number of carbonyl (C=O) groups excluding carboxylic acids is 3. The zero-order valence-corrected chi connectivity index (χ0v) is 18.5. The molecule has 2 rings (SSSR count). The molecule has 0 saturated heterocycles. The van der Waals surface area contributed by atoms with Crippen LogP contribution in [0.4, 0.5) is 5.69 Å². The first-order valence-electron chi connectivity index (χ1n) is 10.6. The molecule has 3 N–H and O–H groups in total. The van der Waals surface area contributed by atoms with E-state index in [4.69, 9.17) is 9.47 Å². The van der Waals surface area contributed by atoms with E-state index in [1.165, 1.54) is 33.5 Å². The highest BCUT2D eigenvalue weighted by molar-refractivity contribution is 6.39. The minimum absolute atomic E-state index is 0.0602. The quantitative estimate of drug-likeness (QED) is 0.348. The van der Waals surface area contributed by atoms with Gasteiger partial charge in [0.25, 0.3) is 0 Å². The van der Waals surface area contributed by atoms with E-state index < -0.39 is 11.8 Å². The van der Waals surface area contributed by atoms with E-state index in [1.807, 2.05) is 0 Å². The van der Waals surface area contributed by atoms with Gasteiger partial charge in [0, 0.05) is 17.8 Å². The second-order valence-corrected chi connectivity index (χ2v) is 7.59. The molecule has 0 heterocycles. The van der Waals surface area contributed by atoms with Crippen LogP contribution in [0.2, 0.25) is 0 Å². The molecule has 0 atom stereocenters. The van der Waals surface area contributed by atoms with Gasteiger partial charge in [0.05, 0.1) is 26.3 Å². The van der Waals surface area contributed by atoms with Crippen molar-refractivity contribution >= 4 is 29.1 Å². The Morgan fingerprint density at radius 2 is 1.68 bits per heavy atom. The third-order valence-electron chi connectivity index (χ3n) is 5.10. The Kier molecular flexibility index (Phi) is 9.80. The molecular formula is C22H32N4O5. The molecule has 0 bridgehead atoms. The average Bonchev–Trinajstić information content (AvgIpc) is 2.73. The monoisotopic (exact) mass is 432 g/mol. The van der Waals surface area contributed by atoms with Crippen molar-refractivity contribution in [3.8, 4) is 11.5 Å². The van der Waals surface area contributed by atoms with Crippen molar-refractivity contribution in [3.63, 3.8) is 0 Å². The molecule has 0 aliphatic heterocycles. The predicted octanol–water partition coefficient (Wildman–Crippen LogP) is 2.75. The van der Waals surface area contributed by atoms with Crippen LogP contribution in [0.1, 0.15) is 58.3 Å². The highest BCUT2D eigenvalue weighted by atomic mass is 16.5. The third kappa shape index (κ3) is 8.27. The van der Waals surface area contributed by atoms with E-state index in [-0.39, 0.29) is 18.4 Å². The predicted molar refractivity (Wildman–Crippen MR) is 118 cm³/mol. The summed E-state index contributed by atoms with van der Waals surface area (Å²) in [6.07, 6.45) is 7.99. The smallest absolute Gasteiger partial charge is 0.329 e. The zero-order chi connectivity index (χ0) is 22.6. The molecule has 0 unspecified atom stereocenters. The lowest BCUT2D eigenvalue weighted by Gasteiger charge is -2.21. The molecule has 1 saturated carbocycles. The van der Waals surface area contributed by atoms with Crippen LogP contribution < -0.4 is 25.5 Å². The summed E-state index contributed by atoms with van der Waals surface area (Å²) < 4.78 is 10.3. The Morgan fingerprint density at radius 1 is 1.00 bits per heavy atom. The maximum absolute atomic E-state index is 12.3. The molecule has 31 heavy (non-hydrogen) atoms. The number of rotatable bonds is 7. The summed E-state index contributed by atoms with van der Waals surface area (Å²) in [5.41, 5.74) is 2.91. The molecule has 0 spiro atoms. The third-order valence-corrected chi connectivity index (χ3v) is 5.10. The molecule has 1 aliphatic carbocycles. The molecular weight excluding hydrogens is 400 g/mol. The second kappa shape index (κ2) is 12.6. The topological polar surface area (TPSA) is 118 Å². The summed E-state index contributed by atoms with van der Waals surface area (Å²) in [6, 6.07) is 4.98. The lowest BCUT2D eigenvalue weighted by Crippen LogP contribution is -2.37. The van der Waals surface area contributed by atoms with Crippen molar-refractivity contribution in [1.82, 2.24) is 10.7 Å². The number of amides is 3. The number of hydrogen-bond donors (Lipinski definition) is 3. The maximum atomic E-state index is 12.3. The van der Waals surface area contributed by atoms with Crippen LogP contribution >= 0.6 is 0 Å². The van der Waals surface area contributed by atoms with Gasteiger partial charge in [0.1, 0.15) is 11.5 Å². The number of methoxy groups -OCH3 is 2. The van der Waals surface area contributed by atoms with Crippen molar-refractivity contribution in [2.45, 2.75) is 64.3 Å². The van der Waals surface area contributed by atoms with E-state index >= 15 is 0 Å².